The average molecular weight is 525 g/mol. The van der Waals surface area contributed by atoms with Crippen molar-refractivity contribution in [1.82, 2.24) is 19.9 Å². The predicted octanol–water partition coefficient (Wildman–Crippen LogP) is 6.34. The van der Waals surface area contributed by atoms with E-state index in [-0.39, 0.29) is 5.41 Å². The third-order valence-electron chi connectivity index (χ3n) is 10.1. The number of aromatic nitrogens is 4. The standard InChI is InChI=1S/C31H34N4P2/c36-19-30(24-11-20-10-21(13-24)14-25(30)12-20)26-15-23(22-4-2-1-3-5-22)16-27(26)31(37,28-17-32-6-8-34-28)29-18-33-7-9-35-29/h1-9,15-18,20-21,24-26H,10-14,19,36-37H2. The van der Waals surface area contributed by atoms with E-state index < -0.39 is 5.16 Å². The molecule has 0 spiro atoms. The van der Waals surface area contributed by atoms with E-state index >= 15 is 0 Å². The topological polar surface area (TPSA) is 51.6 Å². The van der Waals surface area contributed by atoms with Crippen molar-refractivity contribution in [3.8, 4) is 0 Å². The lowest BCUT2D eigenvalue weighted by molar-refractivity contribution is -0.111. The fraction of sp³-hybridized carbons (Fsp3) is 0.419. The molecule has 2 heterocycles. The van der Waals surface area contributed by atoms with Gasteiger partial charge in [-0.15, -0.1) is 18.5 Å². The van der Waals surface area contributed by atoms with Crippen molar-refractivity contribution < 1.29 is 0 Å². The zero-order valence-electron chi connectivity index (χ0n) is 21.1. The van der Waals surface area contributed by atoms with E-state index in [9.17, 15) is 0 Å². The summed E-state index contributed by atoms with van der Waals surface area (Å²) in [5, 5.41) is -0.609. The number of benzene rings is 1. The first-order valence-corrected chi connectivity index (χ1v) is 15.0. The van der Waals surface area contributed by atoms with Gasteiger partial charge in [-0.05, 0) is 84.1 Å². The third-order valence-corrected chi connectivity index (χ3v) is 11.7. The number of rotatable bonds is 6. The lowest BCUT2D eigenvalue weighted by Gasteiger charge is -2.64. The summed E-state index contributed by atoms with van der Waals surface area (Å²) in [6.07, 6.45) is 24.1. The van der Waals surface area contributed by atoms with Crippen LogP contribution in [0.5, 0.6) is 0 Å². The molecule has 8 rings (SSSR count). The van der Waals surface area contributed by atoms with Crippen molar-refractivity contribution in [2.24, 2.45) is 35.0 Å². The van der Waals surface area contributed by atoms with Crippen LogP contribution in [0, 0.1) is 35.0 Å². The summed E-state index contributed by atoms with van der Waals surface area (Å²) in [4.78, 5) is 18.7. The van der Waals surface area contributed by atoms with Gasteiger partial charge in [-0.3, -0.25) is 19.9 Å². The fourth-order valence-electron chi connectivity index (χ4n) is 8.65. The van der Waals surface area contributed by atoms with Gasteiger partial charge in [-0.25, -0.2) is 0 Å². The zero-order valence-corrected chi connectivity index (χ0v) is 23.4. The predicted molar refractivity (Wildman–Crippen MR) is 155 cm³/mol. The molecule has 6 heteroatoms. The van der Waals surface area contributed by atoms with Crippen molar-refractivity contribution in [3.63, 3.8) is 0 Å². The van der Waals surface area contributed by atoms with E-state index in [1.54, 1.807) is 24.8 Å². The normalized spacial score (nSPS) is 32.3. The molecule has 0 radical (unpaired) electrons. The van der Waals surface area contributed by atoms with Crippen molar-refractivity contribution in [3.05, 3.63) is 102 Å². The largest absolute Gasteiger partial charge is 0.261 e. The molecule has 4 saturated carbocycles. The molecule has 2 aromatic heterocycles. The Morgan fingerprint density at radius 2 is 1.41 bits per heavy atom. The summed E-state index contributed by atoms with van der Waals surface area (Å²) >= 11 is 0. The maximum absolute atomic E-state index is 4.87. The van der Waals surface area contributed by atoms with Crippen LogP contribution in [0.15, 0.2) is 85.2 Å². The van der Waals surface area contributed by atoms with Gasteiger partial charge in [0.1, 0.15) is 0 Å². The smallest absolute Gasteiger partial charge is 0.0933 e. The van der Waals surface area contributed by atoms with Crippen LogP contribution in [0.2, 0.25) is 0 Å². The Bertz CT molecular complexity index is 1270. The summed E-state index contributed by atoms with van der Waals surface area (Å²) in [7, 11) is 6.38. The molecule has 4 nitrogen and oxygen atoms in total. The number of hydrogen-bond donors (Lipinski definition) is 0. The Balaban J connectivity index is 1.45. The monoisotopic (exact) mass is 524 g/mol. The van der Waals surface area contributed by atoms with E-state index in [0.29, 0.717) is 5.92 Å². The molecule has 0 N–H and O–H groups in total. The van der Waals surface area contributed by atoms with Crippen molar-refractivity contribution in [2.75, 3.05) is 6.16 Å². The Morgan fingerprint density at radius 3 is 1.92 bits per heavy atom. The fourth-order valence-corrected chi connectivity index (χ4v) is 10.1. The molecule has 5 aliphatic carbocycles. The quantitative estimate of drug-likeness (QED) is 0.353. The molecular formula is C31H34N4P2. The maximum atomic E-state index is 4.87. The van der Waals surface area contributed by atoms with E-state index in [2.05, 4.69) is 70.9 Å². The zero-order chi connectivity index (χ0) is 25.0. The summed E-state index contributed by atoms with van der Waals surface area (Å²) in [5.74, 6) is 3.69. The summed E-state index contributed by atoms with van der Waals surface area (Å²) in [5.41, 5.74) is 5.99. The van der Waals surface area contributed by atoms with E-state index in [0.717, 1.165) is 41.2 Å². The molecule has 37 heavy (non-hydrogen) atoms. The Kier molecular flexibility index (Phi) is 5.91. The minimum Gasteiger partial charge on any atom is -0.261 e. The van der Waals surface area contributed by atoms with Gasteiger partial charge < -0.3 is 0 Å². The van der Waals surface area contributed by atoms with E-state index in [1.807, 2.05) is 12.4 Å². The van der Waals surface area contributed by atoms with Gasteiger partial charge in [-0.2, -0.15) is 0 Å². The number of allylic oxidation sites excluding steroid dienone is 4. The lowest BCUT2D eigenvalue weighted by atomic mass is 9.42. The summed E-state index contributed by atoms with van der Waals surface area (Å²) in [6.45, 7) is 0. The molecule has 3 aromatic rings. The minimum absolute atomic E-state index is 0.229. The second kappa shape index (κ2) is 9.18. The third kappa shape index (κ3) is 3.63. The maximum Gasteiger partial charge on any atom is 0.0933 e. The van der Waals surface area contributed by atoms with Gasteiger partial charge in [0.15, 0.2) is 0 Å². The van der Waals surface area contributed by atoms with Crippen LogP contribution in [-0.2, 0) is 5.16 Å². The Labute approximate surface area is 224 Å². The van der Waals surface area contributed by atoms with Crippen molar-refractivity contribution >= 4 is 24.1 Å². The lowest BCUT2D eigenvalue weighted by Crippen LogP contribution is -2.57. The number of hydrogen-bond acceptors (Lipinski definition) is 4. The van der Waals surface area contributed by atoms with Crippen molar-refractivity contribution in [1.29, 1.82) is 0 Å². The molecular weight excluding hydrogens is 490 g/mol. The first-order valence-electron chi connectivity index (χ1n) is 13.6. The number of nitrogens with zero attached hydrogens (tertiary/aromatic N) is 4. The Morgan fingerprint density at radius 1 is 0.811 bits per heavy atom. The van der Waals surface area contributed by atoms with Gasteiger partial charge in [0.05, 0.1) is 28.9 Å². The highest BCUT2D eigenvalue weighted by Crippen LogP contribution is 2.69. The van der Waals surface area contributed by atoms with E-state index in [1.165, 1.54) is 48.8 Å². The summed E-state index contributed by atoms with van der Waals surface area (Å²) in [6, 6.07) is 10.9. The van der Waals surface area contributed by atoms with Crippen LogP contribution in [0.4, 0.5) is 0 Å². The summed E-state index contributed by atoms with van der Waals surface area (Å²) < 4.78 is 0. The highest BCUT2D eigenvalue weighted by Gasteiger charge is 2.61. The molecule has 3 atom stereocenters. The molecule has 0 saturated heterocycles. The van der Waals surface area contributed by atoms with Gasteiger partial charge in [-0.1, -0.05) is 42.5 Å². The van der Waals surface area contributed by atoms with Crippen LogP contribution in [0.1, 0.15) is 49.1 Å². The van der Waals surface area contributed by atoms with Crippen LogP contribution in [0.25, 0.3) is 5.57 Å². The molecule has 0 amide bonds. The minimum atomic E-state index is -0.609. The second-order valence-corrected chi connectivity index (χ2v) is 12.9. The van der Waals surface area contributed by atoms with Crippen molar-refractivity contribution in [2.45, 2.75) is 37.3 Å². The van der Waals surface area contributed by atoms with E-state index in [4.69, 9.17) is 9.97 Å². The average Bonchev–Trinajstić information content (AvgIpc) is 3.41. The SMILES string of the molecule is PCC1(C2C=C(c3ccccc3)C=C2C(P)(c2cnccn2)c2cnccn2)C2CC3CC(C2)CC1C3. The first-order chi connectivity index (χ1) is 18.1. The molecule has 3 unspecified atom stereocenters. The van der Waals surface area contributed by atoms with Gasteiger partial charge in [0, 0.05) is 30.7 Å². The first kappa shape index (κ1) is 23.8. The highest BCUT2D eigenvalue weighted by atomic mass is 31.0. The molecule has 1 aromatic carbocycles. The molecule has 5 aliphatic rings. The molecule has 188 valence electrons. The second-order valence-electron chi connectivity index (χ2n) is 11.7. The van der Waals surface area contributed by atoms with Crippen LogP contribution < -0.4 is 0 Å². The molecule has 4 bridgehead atoms. The molecule has 4 fully saturated rings. The van der Waals surface area contributed by atoms with Gasteiger partial charge in [0.25, 0.3) is 0 Å². The van der Waals surface area contributed by atoms with Crippen LogP contribution >= 0.6 is 18.5 Å². The molecule has 0 aliphatic heterocycles. The highest BCUT2D eigenvalue weighted by molar-refractivity contribution is 7.19. The van der Waals surface area contributed by atoms with Crippen LogP contribution in [-0.4, -0.2) is 26.1 Å². The van der Waals surface area contributed by atoms with Crippen LogP contribution in [0.3, 0.4) is 0 Å². The Hall–Kier alpha value is -2.28. The van der Waals surface area contributed by atoms with Gasteiger partial charge >= 0.3 is 0 Å². The van der Waals surface area contributed by atoms with Gasteiger partial charge in [0.2, 0.25) is 0 Å².